The molecule has 0 heterocycles. The zero-order chi connectivity index (χ0) is 20.4. The van der Waals surface area contributed by atoms with Crippen LogP contribution in [0, 0.1) is 0 Å². The Labute approximate surface area is 181 Å². The van der Waals surface area contributed by atoms with Crippen molar-refractivity contribution < 1.29 is 23.4 Å². The van der Waals surface area contributed by atoms with Crippen molar-refractivity contribution in [1.82, 2.24) is 16.0 Å². The van der Waals surface area contributed by atoms with Crippen molar-refractivity contribution >= 4 is 35.8 Å². The molecule has 0 bridgehead atoms. The lowest BCUT2D eigenvalue weighted by atomic mass is 10.1. The van der Waals surface area contributed by atoms with E-state index in [4.69, 9.17) is 0 Å². The Morgan fingerprint density at radius 1 is 1.21 bits per heavy atom. The predicted molar refractivity (Wildman–Crippen MR) is 115 cm³/mol. The number of carbonyl (C=O) groups excluding carboxylic acids is 1. The molecule has 0 saturated carbocycles. The summed E-state index contributed by atoms with van der Waals surface area (Å²) in [5.74, 6) is 0.196. The topological polar surface area (TPSA) is 95.0 Å². The quantitative estimate of drug-likeness (QED) is 0.243. The third-order valence-electron chi connectivity index (χ3n) is 3.19. The molecule has 0 fully saturated rings. The fourth-order valence-corrected chi connectivity index (χ4v) is 2.13. The van der Waals surface area contributed by atoms with E-state index in [0.717, 1.165) is 0 Å². The van der Waals surface area contributed by atoms with E-state index in [1.165, 1.54) is 24.3 Å². The Bertz CT molecular complexity index is 622. The summed E-state index contributed by atoms with van der Waals surface area (Å²) < 4.78 is 28.6. The number of guanidine groups is 1. The molecular formula is C18H29F2IN4O3. The van der Waals surface area contributed by atoms with Crippen molar-refractivity contribution in [2.45, 2.75) is 45.9 Å². The number of amides is 1. The van der Waals surface area contributed by atoms with Crippen LogP contribution >= 0.6 is 24.0 Å². The van der Waals surface area contributed by atoms with E-state index in [-0.39, 0.29) is 54.3 Å². The van der Waals surface area contributed by atoms with Crippen LogP contribution in [0.3, 0.4) is 0 Å². The minimum atomic E-state index is -2.89. The highest BCUT2D eigenvalue weighted by atomic mass is 127. The van der Waals surface area contributed by atoms with Crippen molar-refractivity contribution in [3.8, 4) is 5.75 Å². The van der Waals surface area contributed by atoms with Crippen LogP contribution in [-0.2, 0) is 4.79 Å². The normalized spacial score (nSPS) is 12.8. The highest BCUT2D eigenvalue weighted by Crippen LogP contribution is 2.18. The Morgan fingerprint density at radius 3 is 2.32 bits per heavy atom. The van der Waals surface area contributed by atoms with Gasteiger partial charge in [-0.05, 0) is 45.4 Å². The predicted octanol–water partition coefficient (Wildman–Crippen LogP) is 2.41. The van der Waals surface area contributed by atoms with Gasteiger partial charge >= 0.3 is 6.61 Å². The largest absolute Gasteiger partial charge is 0.435 e. The molecule has 10 heteroatoms. The van der Waals surface area contributed by atoms with Crippen molar-refractivity contribution in [2.24, 2.45) is 4.99 Å². The first-order valence-corrected chi connectivity index (χ1v) is 8.66. The standard InChI is InChI=1S/C18H28F2N4O3.HI/c1-5-21-17(23-11-15(26)24-18(2,3)4)22-10-14(25)12-6-8-13(9-7-12)27-16(19)20;/h6-9,14,16,25H,5,10-11H2,1-4H3,(H,24,26)(H2,21,22,23);1H. The van der Waals surface area contributed by atoms with Crippen LogP contribution in [0.25, 0.3) is 0 Å². The molecule has 0 saturated heterocycles. The average molecular weight is 514 g/mol. The Morgan fingerprint density at radius 2 is 1.82 bits per heavy atom. The minimum absolute atomic E-state index is 0. The average Bonchev–Trinajstić information content (AvgIpc) is 2.55. The maximum Gasteiger partial charge on any atom is 0.387 e. The number of aliphatic hydroxyl groups is 1. The Hall–Kier alpha value is -1.69. The molecule has 0 spiro atoms. The number of hydrogen-bond donors (Lipinski definition) is 4. The molecule has 1 unspecified atom stereocenters. The van der Waals surface area contributed by atoms with Crippen LogP contribution in [-0.4, -0.2) is 48.8 Å². The Balaban J connectivity index is 0.00000729. The fraction of sp³-hybridized carbons (Fsp3) is 0.556. The molecule has 1 rings (SSSR count). The second-order valence-electron chi connectivity index (χ2n) is 6.84. The van der Waals surface area contributed by atoms with Gasteiger partial charge in [0.05, 0.1) is 6.10 Å². The third-order valence-corrected chi connectivity index (χ3v) is 3.19. The lowest BCUT2D eigenvalue weighted by Crippen LogP contribution is -2.43. The molecule has 0 aliphatic rings. The number of nitrogens with one attached hydrogen (secondary N) is 3. The Kier molecular flexibility index (Phi) is 11.9. The number of rotatable bonds is 8. The van der Waals surface area contributed by atoms with Crippen molar-refractivity contribution in [3.63, 3.8) is 0 Å². The summed E-state index contributed by atoms with van der Waals surface area (Å²) in [6.07, 6.45) is -0.891. The number of hydrogen-bond acceptors (Lipinski definition) is 4. The van der Waals surface area contributed by atoms with Crippen molar-refractivity contribution in [2.75, 3.05) is 19.6 Å². The molecule has 28 heavy (non-hydrogen) atoms. The molecule has 4 N–H and O–H groups in total. The van der Waals surface area contributed by atoms with Crippen molar-refractivity contribution in [1.29, 1.82) is 0 Å². The SMILES string of the molecule is CCNC(=NCC(=O)NC(C)(C)C)NCC(O)c1ccc(OC(F)F)cc1.I. The number of nitrogens with zero attached hydrogens (tertiary/aromatic N) is 1. The number of aliphatic hydroxyl groups excluding tert-OH is 1. The summed E-state index contributed by atoms with van der Waals surface area (Å²) in [5.41, 5.74) is 0.194. The monoisotopic (exact) mass is 514 g/mol. The smallest absolute Gasteiger partial charge is 0.387 e. The van der Waals surface area contributed by atoms with Gasteiger partial charge in [-0.25, -0.2) is 4.99 Å². The number of benzene rings is 1. The maximum absolute atomic E-state index is 12.2. The van der Waals surface area contributed by atoms with E-state index >= 15 is 0 Å². The van der Waals surface area contributed by atoms with Gasteiger partial charge in [0.25, 0.3) is 0 Å². The van der Waals surface area contributed by atoms with Crippen LogP contribution in [0.4, 0.5) is 8.78 Å². The van der Waals surface area contributed by atoms with Crippen LogP contribution in [0.15, 0.2) is 29.3 Å². The van der Waals surface area contributed by atoms with E-state index < -0.39 is 12.7 Å². The molecule has 1 atom stereocenters. The first kappa shape index (κ1) is 26.3. The van der Waals surface area contributed by atoms with Gasteiger partial charge in [0.1, 0.15) is 12.3 Å². The van der Waals surface area contributed by atoms with Gasteiger partial charge in [-0.1, -0.05) is 12.1 Å². The zero-order valence-electron chi connectivity index (χ0n) is 16.5. The second kappa shape index (κ2) is 12.7. The zero-order valence-corrected chi connectivity index (χ0v) is 18.8. The molecule has 0 aromatic heterocycles. The number of halogens is 3. The molecule has 7 nitrogen and oxygen atoms in total. The van der Waals surface area contributed by atoms with Gasteiger partial charge in [0.15, 0.2) is 5.96 Å². The van der Waals surface area contributed by atoms with E-state index in [2.05, 4.69) is 25.7 Å². The van der Waals surface area contributed by atoms with E-state index in [1.54, 1.807) is 0 Å². The van der Waals surface area contributed by atoms with Crippen LogP contribution in [0.5, 0.6) is 5.75 Å². The summed E-state index contributed by atoms with van der Waals surface area (Å²) in [7, 11) is 0. The maximum atomic E-state index is 12.2. The number of carbonyl (C=O) groups is 1. The van der Waals surface area contributed by atoms with E-state index in [1.807, 2.05) is 27.7 Å². The molecule has 1 aromatic carbocycles. The van der Waals surface area contributed by atoms with Crippen LogP contribution in [0.1, 0.15) is 39.4 Å². The summed E-state index contributed by atoms with van der Waals surface area (Å²) in [6, 6.07) is 5.73. The fourth-order valence-electron chi connectivity index (χ4n) is 2.13. The van der Waals surface area contributed by atoms with Crippen molar-refractivity contribution in [3.05, 3.63) is 29.8 Å². The third kappa shape index (κ3) is 11.2. The van der Waals surface area contributed by atoms with Gasteiger partial charge in [0, 0.05) is 18.6 Å². The molecular weight excluding hydrogens is 485 g/mol. The van der Waals surface area contributed by atoms with Gasteiger partial charge in [-0.3, -0.25) is 4.79 Å². The molecule has 1 aromatic rings. The molecule has 0 aliphatic heterocycles. The summed E-state index contributed by atoms with van der Waals surface area (Å²) >= 11 is 0. The molecule has 0 aliphatic carbocycles. The number of ether oxygens (including phenoxy) is 1. The molecule has 160 valence electrons. The van der Waals surface area contributed by atoms with Gasteiger partial charge in [-0.2, -0.15) is 8.78 Å². The first-order chi connectivity index (χ1) is 12.6. The highest BCUT2D eigenvalue weighted by Gasteiger charge is 2.14. The van der Waals surface area contributed by atoms with Gasteiger partial charge in [-0.15, -0.1) is 24.0 Å². The van der Waals surface area contributed by atoms with E-state index in [9.17, 15) is 18.7 Å². The summed E-state index contributed by atoms with van der Waals surface area (Å²) in [6.45, 7) is 5.29. The lowest BCUT2D eigenvalue weighted by molar-refractivity contribution is -0.121. The number of alkyl halides is 2. The van der Waals surface area contributed by atoms with Crippen LogP contribution < -0.4 is 20.7 Å². The van der Waals surface area contributed by atoms with Gasteiger partial charge in [0.2, 0.25) is 5.91 Å². The van der Waals surface area contributed by atoms with E-state index in [0.29, 0.717) is 18.1 Å². The van der Waals surface area contributed by atoms with Gasteiger partial charge < -0.3 is 25.8 Å². The summed E-state index contributed by atoms with van der Waals surface area (Å²) in [4.78, 5) is 16.0. The molecule has 0 radical (unpaired) electrons. The second-order valence-corrected chi connectivity index (χ2v) is 6.84. The first-order valence-electron chi connectivity index (χ1n) is 8.66. The van der Waals surface area contributed by atoms with Crippen LogP contribution in [0.2, 0.25) is 0 Å². The summed E-state index contributed by atoms with van der Waals surface area (Å²) in [5, 5.41) is 19.0. The highest BCUT2D eigenvalue weighted by molar-refractivity contribution is 14.0. The minimum Gasteiger partial charge on any atom is -0.435 e. The lowest BCUT2D eigenvalue weighted by Gasteiger charge is -2.20. The molecule has 1 amide bonds. The number of aliphatic imine (C=N–C) groups is 1.